The van der Waals surface area contributed by atoms with Gasteiger partial charge in [0.05, 0.1) is 12.4 Å². The second kappa shape index (κ2) is 8.58. The number of carbonyl (C=O) groups excluding carboxylic acids is 1. The number of ether oxygens (including phenoxy) is 1. The molecule has 0 fully saturated rings. The highest BCUT2D eigenvalue weighted by atomic mass is 32.2. The Bertz CT molecular complexity index is 646. The Kier molecular flexibility index (Phi) is 6.47. The van der Waals surface area contributed by atoms with E-state index in [1.54, 1.807) is 31.0 Å². The van der Waals surface area contributed by atoms with Gasteiger partial charge in [-0.05, 0) is 55.0 Å². The number of thioether (sulfide) groups is 1. The minimum atomic E-state index is -0.359. The molecule has 1 N–H and O–H groups in total. The predicted molar refractivity (Wildman–Crippen MR) is 93.6 cm³/mol. The van der Waals surface area contributed by atoms with Crippen LogP contribution in [0.5, 0.6) is 5.75 Å². The molecule has 0 aliphatic rings. The number of hydrogen-bond donors (Lipinski definition) is 1. The van der Waals surface area contributed by atoms with Gasteiger partial charge in [0.25, 0.3) is 0 Å². The summed E-state index contributed by atoms with van der Waals surface area (Å²) in [6.45, 7) is 1.85. The Morgan fingerprint density at radius 1 is 1.26 bits per heavy atom. The van der Waals surface area contributed by atoms with Crippen molar-refractivity contribution in [2.24, 2.45) is 0 Å². The molecule has 3 nitrogen and oxygen atoms in total. The Labute approximate surface area is 140 Å². The average Bonchev–Trinajstić information content (AvgIpc) is 2.55. The molecule has 1 amide bonds. The van der Waals surface area contributed by atoms with Gasteiger partial charge in [-0.25, -0.2) is 4.39 Å². The van der Waals surface area contributed by atoms with Crippen molar-refractivity contribution < 1.29 is 13.9 Å². The monoisotopic (exact) mass is 333 g/mol. The zero-order valence-corrected chi connectivity index (χ0v) is 14.0. The smallest absolute Gasteiger partial charge is 0.237 e. The van der Waals surface area contributed by atoms with E-state index in [0.29, 0.717) is 5.69 Å². The number of amides is 1. The van der Waals surface area contributed by atoms with Crippen molar-refractivity contribution in [3.05, 3.63) is 59.9 Å². The second-order valence-corrected chi connectivity index (χ2v) is 6.56. The van der Waals surface area contributed by atoms with Crippen molar-refractivity contribution in [2.45, 2.75) is 18.6 Å². The average molecular weight is 333 g/mol. The first-order chi connectivity index (χ1) is 11.1. The van der Waals surface area contributed by atoms with Crippen LogP contribution in [0.25, 0.3) is 0 Å². The Morgan fingerprint density at radius 3 is 2.65 bits per heavy atom. The van der Waals surface area contributed by atoms with Gasteiger partial charge >= 0.3 is 0 Å². The van der Waals surface area contributed by atoms with Crippen LogP contribution in [0, 0.1) is 5.82 Å². The third-order valence-electron chi connectivity index (χ3n) is 3.38. The van der Waals surface area contributed by atoms with E-state index in [1.807, 2.05) is 31.2 Å². The molecule has 2 aromatic carbocycles. The van der Waals surface area contributed by atoms with Crippen LogP contribution < -0.4 is 10.1 Å². The number of aryl methyl sites for hydroxylation is 1. The third kappa shape index (κ3) is 5.60. The van der Waals surface area contributed by atoms with Crippen LogP contribution in [0.2, 0.25) is 0 Å². The third-order valence-corrected chi connectivity index (χ3v) is 4.53. The van der Waals surface area contributed by atoms with Gasteiger partial charge in [0.15, 0.2) is 0 Å². The molecule has 23 heavy (non-hydrogen) atoms. The van der Waals surface area contributed by atoms with Crippen LogP contribution in [0.1, 0.15) is 12.5 Å². The lowest BCUT2D eigenvalue weighted by Gasteiger charge is -2.12. The van der Waals surface area contributed by atoms with Crippen molar-refractivity contribution in [3.8, 4) is 5.75 Å². The summed E-state index contributed by atoms with van der Waals surface area (Å²) >= 11 is 1.58. The quantitative estimate of drug-likeness (QED) is 0.828. The van der Waals surface area contributed by atoms with Crippen LogP contribution in [-0.4, -0.2) is 24.0 Å². The zero-order chi connectivity index (χ0) is 16.7. The molecule has 2 aromatic rings. The molecule has 0 aliphatic heterocycles. The molecule has 0 unspecified atom stereocenters. The van der Waals surface area contributed by atoms with E-state index in [9.17, 15) is 9.18 Å². The summed E-state index contributed by atoms with van der Waals surface area (Å²) in [6.07, 6.45) is 0.881. The highest BCUT2D eigenvalue weighted by Gasteiger charge is 2.13. The highest BCUT2D eigenvalue weighted by Crippen LogP contribution is 2.18. The molecular formula is C18H20FNO2S. The Morgan fingerprint density at radius 2 is 2.00 bits per heavy atom. The molecule has 0 aliphatic carbocycles. The van der Waals surface area contributed by atoms with Crippen LogP contribution in [0.4, 0.5) is 10.1 Å². The van der Waals surface area contributed by atoms with Crippen molar-refractivity contribution in [3.63, 3.8) is 0 Å². The van der Waals surface area contributed by atoms with Gasteiger partial charge in [-0.1, -0.05) is 18.2 Å². The summed E-state index contributed by atoms with van der Waals surface area (Å²) in [5, 5.41) is 2.53. The summed E-state index contributed by atoms with van der Waals surface area (Å²) in [5.41, 5.74) is 1.69. The predicted octanol–water partition coefficient (Wildman–Crippen LogP) is 4.14. The number of benzene rings is 2. The minimum absolute atomic E-state index is 0.115. The van der Waals surface area contributed by atoms with Gasteiger partial charge in [-0.3, -0.25) is 4.79 Å². The van der Waals surface area contributed by atoms with Gasteiger partial charge < -0.3 is 10.1 Å². The van der Waals surface area contributed by atoms with Crippen LogP contribution in [0.3, 0.4) is 0 Å². The number of halogens is 1. The first-order valence-corrected chi connectivity index (χ1v) is 8.44. The zero-order valence-electron chi connectivity index (χ0n) is 13.2. The fourth-order valence-electron chi connectivity index (χ4n) is 2.03. The maximum atomic E-state index is 13.1. The van der Waals surface area contributed by atoms with Gasteiger partial charge in [-0.15, -0.1) is 11.8 Å². The standard InChI is InChI=1S/C18H20FNO2S/c1-13(18(21)20-16-5-3-4-15(19)12-16)23-11-10-14-6-8-17(22-2)9-7-14/h3-9,12-13H,10-11H2,1-2H3,(H,20,21)/t13-/m1/s1. The first-order valence-electron chi connectivity index (χ1n) is 7.39. The van der Waals surface area contributed by atoms with E-state index in [-0.39, 0.29) is 17.0 Å². The SMILES string of the molecule is COc1ccc(CCS[C@H](C)C(=O)Nc2cccc(F)c2)cc1. The van der Waals surface area contributed by atoms with Crippen molar-refractivity contribution in [1.29, 1.82) is 0 Å². The number of methoxy groups -OCH3 is 1. The fourth-order valence-corrected chi connectivity index (χ4v) is 2.95. The van der Waals surface area contributed by atoms with Gasteiger partial charge in [-0.2, -0.15) is 0 Å². The summed E-state index contributed by atoms with van der Waals surface area (Å²) in [6, 6.07) is 13.8. The summed E-state index contributed by atoms with van der Waals surface area (Å²) < 4.78 is 18.2. The summed E-state index contributed by atoms with van der Waals surface area (Å²) in [5.74, 6) is 1.20. The molecule has 5 heteroatoms. The minimum Gasteiger partial charge on any atom is -0.497 e. The molecule has 1 atom stereocenters. The first kappa shape index (κ1) is 17.3. The van der Waals surface area contributed by atoms with E-state index in [1.165, 1.54) is 17.7 Å². The van der Waals surface area contributed by atoms with Crippen LogP contribution in [-0.2, 0) is 11.2 Å². The summed E-state index contributed by atoms with van der Waals surface area (Å²) in [4.78, 5) is 12.1. The maximum absolute atomic E-state index is 13.1. The molecule has 0 saturated heterocycles. The molecule has 0 heterocycles. The lowest BCUT2D eigenvalue weighted by atomic mass is 10.2. The number of anilines is 1. The van der Waals surface area contributed by atoms with E-state index in [0.717, 1.165) is 17.9 Å². The molecular weight excluding hydrogens is 313 g/mol. The van der Waals surface area contributed by atoms with E-state index < -0.39 is 0 Å². The normalized spacial score (nSPS) is 11.8. The topological polar surface area (TPSA) is 38.3 Å². The molecule has 0 aromatic heterocycles. The van der Waals surface area contributed by atoms with Crippen molar-refractivity contribution in [2.75, 3.05) is 18.2 Å². The number of hydrogen-bond acceptors (Lipinski definition) is 3. The highest BCUT2D eigenvalue weighted by molar-refractivity contribution is 8.00. The Hall–Kier alpha value is -2.01. The number of carbonyl (C=O) groups is 1. The largest absolute Gasteiger partial charge is 0.497 e. The lowest BCUT2D eigenvalue weighted by molar-refractivity contribution is -0.115. The van der Waals surface area contributed by atoms with E-state index >= 15 is 0 Å². The molecule has 0 spiro atoms. The fraction of sp³-hybridized carbons (Fsp3) is 0.278. The molecule has 122 valence electrons. The second-order valence-electron chi connectivity index (χ2n) is 5.11. The molecule has 0 bridgehead atoms. The van der Waals surface area contributed by atoms with E-state index in [4.69, 9.17) is 4.74 Å². The summed E-state index contributed by atoms with van der Waals surface area (Å²) in [7, 11) is 1.64. The van der Waals surface area contributed by atoms with Gasteiger partial charge in [0.2, 0.25) is 5.91 Å². The van der Waals surface area contributed by atoms with Crippen LogP contribution in [0.15, 0.2) is 48.5 Å². The Balaban J connectivity index is 1.77. The van der Waals surface area contributed by atoms with Crippen molar-refractivity contribution >= 4 is 23.4 Å². The lowest BCUT2D eigenvalue weighted by Crippen LogP contribution is -2.23. The van der Waals surface area contributed by atoms with Crippen molar-refractivity contribution in [1.82, 2.24) is 0 Å². The number of nitrogens with one attached hydrogen (secondary N) is 1. The maximum Gasteiger partial charge on any atom is 0.237 e. The molecule has 0 radical (unpaired) electrons. The van der Waals surface area contributed by atoms with E-state index in [2.05, 4.69) is 5.32 Å². The van der Waals surface area contributed by atoms with Gasteiger partial charge in [0, 0.05) is 5.69 Å². The molecule has 2 rings (SSSR count). The van der Waals surface area contributed by atoms with Crippen LogP contribution >= 0.6 is 11.8 Å². The molecule has 0 saturated carbocycles. The van der Waals surface area contributed by atoms with Gasteiger partial charge in [0.1, 0.15) is 11.6 Å². The number of rotatable bonds is 7.